The zero-order valence-electron chi connectivity index (χ0n) is 25.4. The Morgan fingerprint density at radius 3 is 1.17 bits per heavy atom. The first-order chi connectivity index (χ1) is 17.9. The molecule has 2 heteroatoms. The van der Waals surface area contributed by atoms with Gasteiger partial charge >= 0.3 is 0 Å². The number of piperazine rings is 1. The predicted octanol–water partition coefficient (Wildman–Crippen LogP) is 10.7. The van der Waals surface area contributed by atoms with Gasteiger partial charge in [0.2, 0.25) is 0 Å². The molecule has 0 amide bonds. The number of rotatable bonds is 28. The lowest BCUT2D eigenvalue weighted by atomic mass is 9.90. The first kappa shape index (κ1) is 33.9. The van der Waals surface area contributed by atoms with Crippen molar-refractivity contribution in [3.05, 3.63) is 0 Å². The van der Waals surface area contributed by atoms with E-state index in [9.17, 15) is 0 Å². The van der Waals surface area contributed by atoms with Gasteiger partial charge in [0.25, 0.3) is 0 Å². The van der Waals surface area contributed by atoms with E-state index in [0.717, 1.165) is 5.92 Å². The Bertz CT molecular complexity index is 378. The van der Waals surface area contributed by atoms with Crippen LogP contribution < -0.4 is 5.32 Å². The van der Waals surface area contributed by atoms with Gasteiger partial charge in [0.1, 0.15) is 0 Å². The van der Waals surface area contributed by atoms with Crippen molar-refractivity contribution in [1.29, 1.82) is 0 Å². The van der Waals surface area contributed by atoms with Crippen molar-refractivity contribution in [2.24, 2.45) is 5.92 Å². The third-order valence-electron chi connectivity index (χ3n) is 8.73. The van der Waals surface area contributed by atoms with Crippen LogP contribution in [0.2, 0.25) is 0 Å². The molecule has 0 aromatic carbocycles. The number of hydrogen-bond acceptors (Lipinski definition) is 2. The van der Waals surface area contributed by atoms with E-state index >= 15 is 0 Å². The molecule has 0 aromatic rings. The molecule has 0 unspecified atom stereocenters. The monoisotopic (exact) mass is 507 g/mol. The van der Waals surface area contributed by atoms with Gasteiger partial charge in [-0.05, 0) is 25.3 Å². The smallest absolute Gasteiger partial charge is 0.0107 e. The summed E-state index contributed by atoms with van der Waals surface area (Å²) in [5.74, 6) is 1.00. The molecule has 1 aliphatic heterocycles. The van der Waals surface area contributed by atoms with E-state index in [4.69, 9.17) is 0 Å². The molecule has 216 valence electrons. The minimum atomic E-state index is 1.00. The molecular weight excluding hydrogens is 436 g/mol. The normalized spacial score (nSPS) is 14.8. The van der Waals surface area contributed by atoms with Gasteiger partial charge in [-0.3, -0.25) is 0 Å². The lowest BCUT2D eigenvalue weighted by Gasteiger charge is -2.28. The molecule has 0 bridgehead atoms. The summed E-state index contributed by atoms with van der Waals surface area (Å²) in [6.45, 7) is 10.9. The first-order valence-corrected chi connectivity index (χ1v) is 17.3. The van der Waals surface area contributed by atoms with Gasteiger partial charge in [-0.25, -0.2) is 0 Å². The van der Waals surface area contributed by atoms with Crippen LogP contribution in [0.4, 0.5) is 0 Å². The van der Waals surface area contributed by atoms with Crippen LogP contribution in [-0.2, 0) is 0 Å². The maximum Gasteiger partial charge on any atom is 0.0107 e. The molecule has 1 N–H and O–H groups in total. The quantitative estimate of drug-likeness (QED) is 0.106. The molecule has 1 heterocycles. The molecule has 1 aliphatic rings. The van der Waals surface area contributed by atoms with Gasteiger partial charge in [0.05, 0.1) is 0 Å². The summed E-state index contributed by atoms with van der Waals surface area (Å²) < 4.78 is 0. The maximum atomic E-state index is 3.50. The Morgan fingerprint density at radius 1 is 0.444 bits per heavy atom. The second-order valence-electron chi connectivity index (χ2n) is 12.2. The molecule has 1 fully saturated rings. The Morgan fingerprint density at radius 2 is 0.778 bits per heavy atom. The zero-order chi connectivity index (χ0) is 25.8. The van der Waals surface area contributed by atoms with Gasteiger partial charge in [0.15, 0.2) is 0 Å². The standard InChI is InChI=1S/C34H70N2/c1-3-5-7-9-11-13-15-17-19-21-23-26-34(28-25-31-36-32-29-35-30-33-36)27-24-22-20-18-16-14-12-10-8-6-4-2/h34-35H,3-33H2,1-2H3. The van der Waals surface area contributed by atoms with Crippen LogP contribution in [0.3, 0.4) is 0 Å². The first-order valence-electron chi connectivity index (χ1n) is 17.3. The summed E-state index contributed by atoms with van der Waals surface area (Å²) in [7, 11) is 0. The van der Waals surface area contributed by atoms with E-state index in [1.807, 2.05) is 0 Å². The average molecular weight is 507 g/mol. The van der Waals surface area contributed by atoms with Crippen LogP contribution in [0.25, 0.3) is 0 Å². The number of nitrogens with one attached hydrogen (secondary N) is 1. The summed E-state index contributed by atoms with van der Waals surface area (Å²) in [5.41, 5.74) is 0. The van der Waals surface area contributed by atoms with Gasteiger partial charge in [-0.15, -0.1) is 0 Å². The van der Waals surface area contributed by atoms with Crippen molar-refractivity contribution in [1.82, 2.24) is 10.2 Å². The summed E-state index contributed by atoms with van der Waals surface area (Å²) >= 11 is 0. The third kappa shape index (κ3) is 23.1. The number of unbranched alkanes of at least 4 members (excludes halogenated alkanes) is 20. The molecular formula is C34H70N2. The molecule has 36 heavy (non-hydrogen) atoms. The highest BCUT2D eigenvalue weighted by Gasteiger charge is 2.12. The fourth-order valence-corrected chi connectivity index (χ4v) is 6.17. The molecule has 0 atom stereocenters. The fraction of sp³-hybridized carbons (Fsp3) is 1.00. The van der Waals surface area contributed by atoms with Crippen molar-refractivity contribution in [2.45, 2.75) is 181 Å². The van der Waals surface area contributed by atoms with Crippen LogP contribution >= 0.6 is 0 Å². The summed E-state index contributed by atoms with van der Waals surface area (Å²) in [4.78, 5) is 2.69. The Labute approximate surface area is 229 Å². The molecule has 1 rings (SSSR count). The van der Waals surface area contributed by atoms with Crippen LogP contribution in [0.1, 0.15) is 181 Å². The number of hydrogen-bond donors (Lipinski definition) is 1. The maximum absolute atomic E-state index is 3.50. The van der Waals surface area contributed by atoms with Crippen molar-refractivity contribution in [3.63, 3.8) is 0 Å². The second-order valence-corrected chi connectivity index (χ2v) is 12.2. The van der Waals surface area contributed by atoms with Crippen LogP contribution in [0.15, 0.2) is 0 Å². The van der Waals surface area contributed by atoms with Gasteiger partial charge in [0, 0.05) is 26.2 Å². The molecule has 0 radical (unpaired) electrons. The van der Waals surface area contributed by atoms with Crippen molar-refractivity contribution >= 4 is 0 Å². The highest BCUT2D eigenvalue weighted by Crippen LogP contribution is 2.24. The Hall–Kier alpha value is -0.0800. The largest absolute Gasteiger partial charge is 0.314 e. The van der Waals surface area contributed by atoms with E-state index in [1.165, 1.54) is 200 Å². The van der Waals surface area contributed by atoms with Gasteiger partial charge < -0.3 is 10.2 Å². The molecule has 2 nitrogen and oxygen atoms in total. The van der Waals surface area contributed by atoms with Crippen molar-refractivity contribution < 1.29 is 0 Å². The van der Waals surface area contributed by atoms with Gasteiger partial charge in [-0.2, -0.15) is 0 Å². The molecule has 0 aliphatic carbocycles. The molecule has 0 spiro atoms. The fourth-order valence-electron chi connectivity index (χ4n) is 6.17. The predicted molar refractivity (Wildman–Crippen MR) is 164 cm³/mol. The molecule has 0 aromatic heterocycles. The highest BCUT2D eigenvalue weighted by molar-refractivity contribution is 4.69. The lowest BCUT2D eigenvalue weighted by molar-refractivity contribution is 0.227. The van der Waals surface area contributed by atoms with Crippen molar-refractivity contribution in [2.75, 3.05) is 32.7 Å². The van der Waals surface area contributed by atoms with E-state index in [1.54, 1.807) is 0 Å². The SMILES string of the molecule is CCCCCCCCCCCCCC(CCCCCCCCCCCCC)CCCN1CCNCC1. The Balaban J connectivity index is 2.07. The zero-order valence-corrected chi connectivity index (χ0v) is 25.4. The van der Waals surface area contributed by atoms with Crippen LogP contribution in [0.5, 0.6) is 0 Å². The van der Waals surface area contributed by atoms with Crippen molar-refractivity contribution in [3.8, 4) is 0 Å². The lowest BCUT2D eigenvalue weighted by Crippen LogP contribution is -2.43. The summed E-state index contributed by atoms with van der Waals surface area (Å²) in [6.07, 6.45) is 38.2. The summed E-state index contributed by atoms with van der Waals surface area (Å²) in [5, 5.41) is 3.50. The highest BCUT2D eigenvalue weighted by atomic mass is 15.2. The second kappa shape index (κ2) is 27.9. The topological polar surface area (TPSA) is 15.3 Å². The van der Waals surface area contributed by atoms with Crippen LogP contribution in [0, 0.1) is 5.92 Å². The average Bonchev–Trinajstić information content (AvgIpc) is 2.90. The van der Waals surface area contributed by atoms with Crippen LogP contribution in [-0.4, -0.2) is 37.6 Å². The van der Waals surface area contributed by atoms with E-state index in [0.29, 0.717) is 0 Å². The van der Waals surface area contributed by atoms with E-state index < -0.39 is 0 Å². The van der Waals surface area contributed by atoms with Gasteiger partial charge in [-0.1, -0.05) is 168 Å². The number of nitrogens with zero attached hydrogens (tertiary/aromatic N) is 1. The third-order valence-corrected chi connectivity index (χ3v) is 8.73. The van der Waals surface area contributed by atoms with E-state index in [2.05, 4.69) is 24.1 Å². The minimum absolute atomic E-state index is 1.00. The molecule has 0 saturated carbocycles. The molecule has 1 saturated heterocycles. The minimum Gasteiger partial charge on any atom is -0.314 e. The Kier molecular flexibility index (Phi) is 26.3. The van der Waals surface area contributed by atoms with E-state index in [-0.39, 0.29) is 0 Å². The summed E-state index contributed by atoms with van der Waals surface area (Å²) in [6, 6.07) is 0.